The molecule has 5 rings (SSSR count). The number of aromatic nitrogens is 2. The minimum Gasteiger partial charge on any atom is -0.281 e. The smallest absolute Gasteiger partial charge is 0.281 e. The third-order valence-electron chi connectivity index (χ3n) is 5.62. The van der Waals surface area contributed by atoms with Crippen LogP contribution in [0.2, 0.25) is 0 Å². The maximum Gasteiger partial charge on any atom is 0.416 e. The van der Waals surface area contributed by atoms with Gasteiger partial charge in [0.1, 0.15) is 0 Å². The van der Waals surface area contributed by atoms with Crippen LogP contribution in [0.4, 0.5) is 13.2 Å². The highest BCUT2D eigenvalue weighted by Gasteiger charge is 2.30. The fourth-order valence-corrected chi connectivity index (χ4v) is 4.33. The van der Waals surface area contributed by atoms with E-state index in [1.807, 2.05) is 30.3 Å². The fourth-order valence-electron chi connectivity index (χ4n) is 4.18. The number of fused-ring (bicyclic) bond motifs is 3. The van der Waals surface area contributed by atoms with Crippen LogP contribution in [0.5, 0.6) is 0 Å². The Morgan fingerprint density at radius 1 is 0.969 bits per heavy atom. The molecule has 1 aliphatic rings. The zero-order valence-corrected chi connectivity index (χ0v) is 17.4. The van der Waals surface area contributed by atoms with Crippen LogP contribution in [0.15, 0.2) is 72.9 Å². The number of hydrogen-bond donors (Lipinski definition) is 0. The first-order valence-electron chi connectivity index (χ1n) is 9.96. The molecule has 0 unspecified atom stereocenters. The van der Waals surface area contributed by atoms with E-state index in [-0.39, 0.29) is 12.1 Å². The van der Waals surface area contributed by atoms with Gasteiger partial charge in [0.2, 0.25) is 5.24 Å². The molecule has 3 aromatic carbocycles. The van der Waals surface area contributed by atoms with E-state index in [0.717, 1.165) is 35.2 Å². The molecule has 4 aromatic rings. The molecular formula is C25H16ClF3N2O. The van der Waals surface area contributed by atoms with Crippen LogP contribution in [0.1, 0.15) is 22.3 Å². The molecule has 3 nitrogen and oxygen atoms in total. The summed E-state index contributed by atoms with van der Waals surface area (Å²) >= 11 is 5.64. The maximum atomic E-state index is 13.2. The Balaban J connectivity index is 1.59. The number of benzene rings is 3. The van der Waals surface area contributed by atoms with Gasteiger partial charge in [-0.3, -0.25) is 4.79 Å². The van der Waals surface area contributed by atoms with E-state index in [0.29, 0.717) is 11.3 Å². The Bertz CT molecular complexity index is 1360. The molecule has 1 heterocycles. The van der Waals surface area contributed by atoms with E-state index in [1.54, 1.807) is 6.20 Å². The molecule has 32 heavy (non-hydrogen) atoms. The van der Waals surface area contributed by atoms with Gasteiger partial charge in [-0.05, 0) is 64.5 Å². The molecule has 1 aliphatic carbocycles. The third-order valence-corrected chi connectivity index (χ3v) is 5.76. The molecule has 0 atom stereocenters. The van der Waals surface area contributed by atoms with Crippen LogP contribution in [0, 0.1) is 0 Å². The van der Waals surface area contributed by atoms with Gasteiger partial charge in [0.25, 0.3) is 0 Å². The molecule has 160 valence electrons. The Morgan fingerprint density at radius 2 is 1.75 bits per heavy atom. The summed E-state index contributed by atoms with van der Waals surface area (Å²) in [4.78, 5) is 11.6. The second-order valence-electron chi connectivity index (χ2n) is 7.73. The predicted octanol–water partition coefficient (Wildman–Crippen LogP) is 6.44. The summed E-state index contributed by atoms with van der Waals surface area (Å²) in [5.41, 5.74) is 6.07. The number of nitrogens with zero attached hydrogens (tertiary/aromatic N) is 2. The summed E-state index contributed by atoms with van der Waals surface area (Å²) in [6.07, 6.45) is -2.19. The number of rotatable bonds is 4. The van der Waals surface area contributed by atoms with Gasteiger partial charge in [-0.2, -0.15) is 18.3 Å². The first-order valence-corrected chi connectivity index (χ1v) is 10.3. The lowest BCUT2D eigenvalue weighted by Gasteiger charge is -2.08. The van der Waals surface area contributed by atoms with E-state index in [1.165, 1.54) is 27.9 Å². The Kier molecular flexibility index (Phi) is 4.90. The number of hydrogen-bond acceptors (Lipinski definition) is 2. The zero-order chi connectivity index (χ0) is 22.5. The molecule has 1 aromatic heterocycles. The third kappa shape index (κ3) is 3.71. The standard InChI is InChI=1S/C25H16ClF3N2O/c26-23(32)12-18-14-31(20-6-3-5-19(13-20)25(27,28)29)30-24(18)16-8-9-22-17(11-16)10-15-4-1-2-7-21(15)22/h1-9,11,13-14H,10,12H2. The molecule has 7 heteroatoms. The topological polar surface area (TPSA) is 34.9 Å². The number of carbonyl (C=O) groups is 1. The molecule has 0 N–H and O–H groups in total. The molecule has 0 fully saturated rings. The highest BCUT2D eigenvalue weighted by atomic mass is 35.5. The lowest BCUT2D eigenvalue weighted by atomic mass is 10.00. The molecule has 0 radical (unpaired) electrons. The van der Waals surface area contributed by atoms with Crippen molar-refractivity contribution in [3.05, 3.63) is 95.2 Å². The SMILES string of the molecule is O=C(Cl)Cc1cn(-c2cccc(C(F)(F)F)c2)nc1-c1ccc2c(c1)Cc1ccccc1-2. The number of halogens is 4. The van der Waals surface area contributed by atoms with Gasteiger partial charge in [-0.25, -0.2) is 4.68 Å². The average molecular weight is 453 g/mol. The first-order chi connectivity index (χ1) is 15.3. The Morgan fingerprint density at radius 3 is 2.53 bits per heavy atom. The van der Waals surface area contributed by atoms with Crippen molar-refractivity contribution in [2.45, 2.75) is 19.0 Å². The van der Waals surface area contributed by atoms with E-state index in [2.05, 4.69) is 17.2 Å². The van der Waals surface area contributed by atoms with Crippen molar-refractivity contribution in [3.8, 4) is 28.1 Å². The molecular weight excluding hydrogens is 437 g/mol. The summed E-state index contributed by atoms with van der Waals surface area (Å²) in [5.74, 6) is 0. The second-order valence-corrected chi connectivity index (χ2v) is 8.15. The maximum absolute atomic E-state index is 13.2. The van der Waals surface area contributed by atoms with E-state index >= 15 is 0 Å². The summed E-state index contributed by atoms with van der Waals surface area (Å²) in [7, 11) is 0. The summed E-state index contributed by atoms with van der Waals surface area (Å²) in [6, 6.07) is 19.1. The van der Waals surface area contributed by atoms with Crippen molar-refractivity contribution in [2.24, 2.45) is 0 Å². The monoisotopic (exact) mass is 452 g/mol. The highest BCUT2D eigenvalue weighted by molar-refractivity contribution is 6.63. The number of alkyl halides is 3. The lowest BCUT2D eigenvalue weighted by molar-refractivity contribution is -0.137. The molecule has 0 saturated heterocycles. The van der Waals surface area contributed by atoms with Crippen LogP contribution < -0.4 is 0 Å². The van der Waals surface area contributed by atoms with E-state index in [9.17, 15) is 18.0 Å². The van der Waals surface area contributed by atoms with Crippen molar-refractivity contribution in [1.29, 1.82) is 0 Å². The molecule has 0 aliphatic heterocycles. The van der Waals surface area contributed by atoms with Crippen LogP contribution in [-0.2, 0) is 23.8 Å². The normalized spacial score (nSPS) is 12.5. The summed E-state index contributed by atoms with van der Waals surface area (Å²) in [5, 5.41) is 3.97. The highest BCUT2D eigenvalue weighted by Crippen LogP contribution is 2.39. The van der Waals surface area contributed by atoms with Crippen LogP contribution >= 0.6 is 11.6 Å². The van der Waals surface area contributed by atoms with Crippen molar-refractivity contribution >= 4 is 16.8 Å². The quantitative estimate of drug-likeness (QED) is 0.294. The van der Waals surface area contributed by atoms with Gasteiger partial charge < -0.3 is 0 Å². The zero-order valence-electron chi connectivity index (χ0n) is 16.7. The van der Waals surface area contributed by atoms with Gasteiger partial charge in [-0.1, -0.05) is 42.5 Å². The van der Waals surface area contributed by atoms with Gasteiger partial charge in [0.05, 0.1) is 23.4 Å². The van der Waals surface area contributed by atoms with Gasteiger partial charge in [0.15, 0.2) is 0 Å². The Labute approximate surface area is 187 Å². The molecule has 0 spiro atoms. The second kappa shape index (κ2) is 7.64. The van der Waals surface area contributed by atoms with Crippen LogP contribution in [-0.4, -0.2) is 15.0 Å². The van der Waals surface area contributed by atoms with Crippen molar-refractivity contribution in [3.63, 3.8) is 0 Å². The summed E-state index contributed by atoms with van der Waals surface area (Å²) in [6.45, 7) is 0. The molecule has 0 amide bonds. The van der Waals surface area contributed by atoms with Crippen molar-refractivity contribution in [1.82, 2.24) is 9.78 Å². The largest absolute Gasteiger partial charge is 0.416 e. The van der Waals surface area contributed by atoms with E-state index in [4.69, 9.17) is 11.6 Å². The molecule has 0 saturated carbocycles. The minimum atomic E-state index is -4.46. The Hall–Kier alpha value is -3.38. The van der Waals surface area contributed by atoms with Gasteiger partial charge in [0, 0.05) is 17.3 Å². The van der Waals surface area contributed by atoms with Gasteiger partial charge >= 0.3 is 6.18 Å². The number of carbonyl (C=O) groups excluding carboxylic acids is 1. The average Bonchev–Trinajstić information content (AvgIpc) is 3.33. The van der Waals surface area contributed by atoms with E-state index < -0.39 is 17.0 Å². The predicted molar refractivity (Wildman–Crippen MR) is 117 cm³/mol. The van der Waals surface area contributed by atoms with Gasteiger partial charge in [-0.15, -0.1) is 0 Å². The van der Waals surface area contributed by atoms with Crippen molar-refractivity contribution < 1.29 is 18.0 Å². The minimum absolute atomic E-state index is 0.0762. The first kappa shape index (κ1) is 20.5. The van der Waals surface area contributed by atoms with Crippen LogP contribution in [0.25, 0.3) is 28.1 Å². The lowest BCUT2D eigenvalue weighted by Crippen LogP contribution is -2.06. The fraction of sp³-hybridized carbons (Fsp3) is 0.120. The molecule has 0 bridgehead atoms. The summed E-state index contributed by atoms with van der Waals surface area (Å²) < 4.78 is 40.8. The van der Waals surface area contributed by atoms with Crippen LogP contribution in [0.3, 0.4) is 0 Å². The van der Waals surface area contributed by atoms with Crippen molar-refractivity contribution in [2.75, 3.05) is 0 Å².